The number of benzene rings is 2. The topological polar surface area (TPSA) is 31.2 Å². The minimum absolute atomic E-state index is 0.163. The molecule has 0 spiro atoms. The Kier molecular flexibility index (Phi) is 7.29. The van der Waals surface area contributed by atoms with Crippen LogP contribution < -0.4 is 0 Å². The number of hydrogen-bond acceptors (Lipinski definition) is 2. The van der Waals surface area contributed by atoms with E-state index in [1.165, 1.54) is 53.6 Å². The van der Waals surface area contributed by atoms with Gasteiger partial charge in [0.2, 0.25) is 0 Å². The number of ether oxygens (including phenoxy) is 1. The van der Waals surface area contributed by atoms with Gasteiger partial charge in [0, 0.05) is 29.1 Å². The first-order valence-corrected chi connectivity index (χ1v) is 10.6. The number of carbonyl (C=O) groups excluding carboxylic acids is 1. The van der Waals surface area contributed by atoms with Gasteiger partial charge in [0.05, 0.1) is 13.5 Å². The molecule has 0 atom stereocenters. The van der Waals surface area contributed by atoms with Gasteiger partial charge in [-0.1, -0.05) is 80.4 Å². The van der Waals surface area contributed by atoms with Crippen LogP contribution in [0.2, 0.25) is 0 Å². The molecular formula is C26H31NO2. The molecule has 0 amide bonds. The van der Waals surface area contributed by atoms with Crippen molar-refractivity contribution in [2.75, 3.05) is 7.11 Å². The number of rotatable bonds is 9. The van der Waals surface area contributed by atoms with Crippen molar-refractivity contribution in [3.8, 4) is 22.3 Å². The number of nitrogens with zero attached hydrogens (tertiary/aromatic N) is 1. The first-order valence-electron chi connectivity index (χ1n) is 10.6. The Bertz CT molecular complexity index is 926. The Morgan fingerprint density at radius 3 is 2.03 bits per heavy atom. The summed E-state index contributed by atoms with van der Waals surface area (Å²) in [6, 6.07) is 21.1. The van der Waals surface area contributed by atoms with E-state index in [0.717, 1.165) is 13.0 Å². The van der Waals surface area contributed by atoms with Gasteiger partial charge in [0.15, 0.2) is 0 Å². The molecule has 3 heteroatoms. The van der Waals surface area contributed by atoms with E-state index in [1.54, 1.807) is 0 Å². The first kappa shape index (κ1) is 20.9. The van der Waals surface area contributed by atoms with Gasteiger partial charge in [-0.05, 0) is 30.9 Å². The van der Waals surface area contributed by atoms with E-state index in [4.69, 9.17) is 4.74 Å². The maximum Gasteiger partial charge on any atom is 0.305 e. The van der Waals surface area contributed by atoms with Crippen LogP contribution in [-0.2, 0) is 22.5 Å². The van der Waals surface area contributed by atoms with Crippen molar-refractivity contribution >= 4 is 5.97 Å². The summed E-state index contributed by atoms with van der Waals surface area (Å²) in [5, 5.41) is 0. The molecule has 0 N–H and O–H groups in total. The zero-order chi connectivity index (χ0) is 20.6. The van der Waals surface area contributed by atoms with Gasteiger partial charge in [-0.3, -0.25) is 4.79 Å². The lowest BCUT2D eigenvalue weighted by atomic mass is 9.94. The summed E-state index contributed by atoms with van der Waals surface area (Å²) in [7, 11) is 1.46. The molecule has 1 heterocycles. The Morgan fingerprint density at radius 2 is 1.48 bits per heavy atom. The van der Waals surface area contributed by atoms with Gasteiger partial charge < -0.3 is 9.30 Å². The SMILES string of the molecule is CCCCCn1c(C)c(-c2ccccc2)c(-c2ccccc2)c1CCC(=O)OC. The summed E-state index contributed by atoms with van der Waals surface area (Å²) in [4.78, 5) is 11.9. The molecular weight excluding hydrogens is 358 g/mol. The second kappa shape index (κ2) is 10.1. The molecule has 2 aromatic carbocycles. The second-order valence-electron chi connectivity index (χ2n) is 7.45. The second-order valence-corrected chi connectivity index (χ2v) is 7.45. The van der Waals surface area contributed by atoms with Crippen LogP contribution >= 0.6 is 0 Å². The highest BCUT2D eigenvalue weighted by molar-refractivity contribution is 5.88. The molecule has 29 heavy (non-hydrogen) atoms. The largest absolute Gasteiger partial charge is 0.469 e. The normalized spacial score (nSPS) is 10.9. The van der Waals surface area contributed by atoms with Crippen LogP contribution in [0.5, 0.6) is 0 Å². The molecule has 3 rings (SSSR count). The Labute approximate surface area is 174 Å². The number of hydrogen-bond donors (Lipinski definition) is 0. The monoisotopic (exact) mass is 389 g/mol. The lowest BCUT2D eigenvalue weighted by Gasteiger charge is -2.13. The van der Waals surface area contributed by atoms with Gasteiger partial charge in [0.25, 0.3) is 0 Å². The van der Waals surface area contributed by atoms with Crippen molar-refractivity contribution in [3.63, 3.8) is 0 Å². The number of aromatic nitrogens is 1. The average molecular weight is 390 g/mol. The van der Waals surface area contributed by atoms with E-state index in [2.05, 4.69) is 73.0 Å². The van der Waals surface area contributed by atoms with E-state index in [-0.39, 0.29) is 5.97 Å². The number of carbonyl (C=O) groups is 1. The van der Waals surface area contributed by atoms with Crippen LogP contribution in [0.4, 0.5) is 0 Å². The van der Waals surface area contributed by atoms with Crippen LogP contribution in [-0.4, -0.2) is 17.6 Å². The lowest BCUT2D eigenvalue weighted by molar-refractivity contribution is -0.140. The van der Waals surface area contributed by atoms with Crippen LogP contribution in [0.1, 0.15) is 44.0 Å². The fourth-order valence-corrected chi connectivity index (χ4v) is 4.08. The van der Waals surface area contributed by atoms with Crippen molar-refractivity contribution < 1.29 is 9.53 Å². The van der Waals surface area contributed by atoms with Gasteiger partial charge in [-0.15, -0.1) is 0 Å². The Balaban J connectivity index is 2.19. The zero-order valence-corrected chi connectivity index (χ0v) is 17.8. The Morgan fingerprint density at radius 1 is 0.897 bits per heavy atom. The number of unbranched alkanes of at least 4 members (excludes halogenated alkanes) is 2. The fraction of sp³-hybridized carbons (Fsp3) is 0.346. The first-order chi connectivity index (χ1) is 14.2. The number of methoxy groups -OCH3 is 1. The summed E-state index contributed by atoms with van der Waals surface area (Å²) in [5.41, 5.74) is 7.43. The molecule has 0 saturated carbocycles. The summed E-state index contributed by atoms with van der Waals surface area (Å²) < 4.78 is 7.36. The summed E-state index contributed by atoms with van der Waals surface area (Å²) >= 11 is 0. The molecule has 3 nitrogen and oxygen atoms in total. The predicted molar refractivity (Wildman–Crippen MR) is 120 cm³/mol. The standard InChI is InChI=1S/C26H31NO2/c1-4-5-12-19-27-20(2)25(21-13-8-6-9-14-21)26(22-15-10-7-11-16-22)23(27)17-18-24(28)29-3/h6-11,13-16H,4-5,12,17-19H2,1-3H3. The minimum atomic E-state index is -0.163. The molecule has 0 bridgehead atoms. The van der Waals surface area contributed by atoms with Gasteiger partial charge in [0.1, 0.15) is 0 Å². The molecule has 0 unspecified atom stereocenters. The fourth-order valence-electron chi connectivity index (χ4n) is 4.08. The molecule has 1 aromatic heterocycles. The molecule has 0 saturated heterocycles. The van der Waals surface area contributed by atoms with Crippen LogP contribution in [0.3, 0.4) is 0 Å². The van der Waals surface area contributed by atoms with Crippen LogP contribution in [0.15, 0.2) is 60.7 Å². The molecule has 0 aliphatic heterocycles. The van der Waals surface area contributed by atoms with Crippen molar-refractivity contribution in [2.24, 2.45) is 0 Å². The summed E-state index contributed by atoms with van der Waals surface area (Å²) in [6.45, 7) is 5.41. The maximum absolute atomic E-state index is 11.9. The quantitative estimate of drug-likeness (QED) is 0.312. The van der Waals surface area contributed by atoms with E-state index >= 15 is 0 Å². The summed E-state index contributed by atoms with van der Waals surface area (Å²) in [6.07, 6.45) is 4.60. The van der Waals surface area contributed by atoms with Crippen LogP contribution in [0.25, 0.3) is 22.3 Å². The number of esters is 1. The minimum Gasteiger partial charge on any atom is -0.469 e. The van der Waals surface area contributed by atoms with E-state index in [1.807, 2.05) is 6.07 Å². The van der Waals surface area contributed by atoms with E-state index in [9.17, 15) is 4.79 Å². The predicted octanol–water partition coefficient (Wildman–Crippen LogP) is 6.43. The van der Waals surface area contributed by atoms with Gasteiger partial charge >= 0.3 is 5.97 Å². The molecule has 0 fully saturated rings. The zero-order valence-electron chi connectivity index (χ0n) is 17.8. The smallest absolute Gasteiger partial charge is 0.305 e. The highest BCUT2D eigenvalue weighted by atomic mass is 16.5. The van der Waals surface area contributed by atoms with E-state index in [0.29, 0.717) is 12.8 Å². The van der Waals surface area contributed by atoms with E-state index < -0.39 is 0 Å². The lowest BCUT2D eigenvalue weighted by Crippen LogP contribution is -2.09. The van der Waals surface area contributed by atoms with Gasteiger partial charge in [-0.2, -0.15) is 0 Å². The van der Waals surface area contributed by atoms with Crippen molar-refractivity contribution in [2.45, 2.75) is 52.5 Å². The molecule has 0 aliphatic rings. The highest BCUT2D eigenvalue weighted by Crippen LogP contribution is 2.40. The maximum atomic E-state index is 11.9. The van der Waals surface area contributed by atoms with Crippen molar-refractivity contribution in [1.82, 2.24) is 4.57 Å². The van der Waals surface area contributed by atoms with Crippen LogP contribution in [0, 0.1) is 6.92 Å². The Hall–Kier alpha value is -2.81. The van der Waals surface area contributed by atoms with Crippen molar-refractivity contribution in [3.05, 3.63) is 72.1 Å². The molecule has 0 aliphatic carbocycles. The third kappa shape index (κ3) is 4.79. The molecule has 0 radical (unpaired) electrons. The highest BCUT2D eigenvalue weighted by Gasteiger charge is 2.23. The third-order valence-corrected chi connectivity index (χ3v) is 5.53. The molecule has 152 valence electrons. The third-order valence-electron chi connectivity index (χ3n) is 5.53. The molecule has 3 aromatic rings. The van der Waals surface area contributed by atoms with Gasteiger partial charge in [-0.25, -0.2) is 0 Å². The summed E-state index contributed by atoms with van der Waals surface area (Å²) in [5.74, 6) is -0.163. The van der Waals surface area contributed by atoms with Crippen molar-refractivity contribution in [1.29, 1.82) is 0 Å². The average Bonchev–Trinajstić information content (AvgIpc) is 3.05.